The van der Waals surface area contributed by atoms with Crippen LogP contribution in [0.3, 0.4) is 0 Å². The van der Waals surface area contributed by atoms with Crippen LogP contribution in [0.25, 0.3) is 71.3 Å². The van der Waals surface area contributed by atoms with E-state index >= 15 is 0 Å². The molecule has 0 N–H and O–H groups in total. The SMILES string of the molecule is c1ccc(-c2ccc(N(c3ccc4cc5oc6ccccc6c5cc4c3)c3cccc4c5ccccc5n(-c5ccccc5)c34)cc2)cc1. The molecule has 0 bridgehead atoms. The van der Waals surface area contributed by atoms with Crippen molar-refractivity contribution in [3.8, 4) is 16.8 Å². The molecule has 0 atom stereocenters. The van der Waals surface area contributed by atoms with Gasteiger partial charge in [-0.1, -0.05) is 115 Å². The third-order valence-corrected chi connectivity index (χ3v) is 9.74. The number of rotatable bonds is 5. The molecule has 3 nitrogen and oxygen atoms in total. The maximum Gasteiger partial charge on any atom is 0.136 e. The summed E-state index contributed by atoms with van der Waals surface area (Å²) in [5, 5.41) is 7.02. The Hall–Kier alpha value is -6.58. The summed E-state index contributed by atoms with van der Waals surface area (Å²) in [5.74, 6) is 0. The molecule has 0 aliphatic heterocycles. The number of benzene rings is 8. The molecule has 3 heteroatoms. The van der Waals surface area contributed by atoms with Gasteiger partial charge in [-0.2, -0.15) is 0 Å². The van der Waals surface area contributed by atoms with Gasteiger partial charge >= 0.3 is 0 Å². The average Bonchev–Trinajstić information content (AvgIpc) is 3.71. The summed E-state index contributed by atoms with van der Waals surface area (Å²) >= 11 is 0. The van der Waals surface area contributed by atoms with E-state index in [1.807, 2.05) is 12.1 Å². The van der Waals surface area contributed by atoms with E-state index in [0.29, 0.717) is 0 Å². The number of nitrogens with zero attached hydrogens (tertiary/aromatic N) is 2. The first kappa shape index (κ1) is 27.5. The molecule has 230 valence electrons. The van der Waals surface area contributed by atoms with Gasteiger partial charge in [0.25, 0.3) is 0 Å². The first-order valence-corrected chi connectivity index (χ1v) is 16.7. The number of hydrogen-bond acceptors (Lipinski definition) is 2. The Labute approximate surface area is 283 Å². The van der Waals surface area contributed by atoms with Crippen LogP contribution in [0.2, 0.25) is 0 Å². The van der Waals surface area contributed by atoms with Crippen LogP contribution in [0.4, 0.5) is 17.1 Å². The molecular weight excluding hydrogens is 597 g/mol. The molecule has 0 unspecified atom stereocenters. The average molecular weight is 627 g/mol. The summed E-state index contributed by atoms with van der Waals surface area (Å²) in [5.41, 5.74) is 11.0. The lowest BCUT2D eigenvalue weighted by atomic mass is 10.0. The summed E-state index contributed by atoms with van der Waals surface area (Å²) < 4.78 is 8.65. The van der Waals surface area contributed by atoms with Crippen molar-refractivity contribution in [3.05, 3.63) is 182 Å². The highest BCUT2D eigenvalue weighted by Gasteiger charge is 2.22. The van der Waals surface area contributed by atoms with E-state index in [-0.39, 0.29) is 0 Å². The molecule has 0 fully saturated rings. The van der Waals surface area contributed by atoms with Gasteiger partial charge in [0.15, 0.2) is 0 Å². The molecular formula is C46H30N2O. The van der Waals surface area contributed by atoms with E-state index in [9.17, 15) is 0 Å². The maximum absolute atomic E-state index is 6.24. The van der Waals surface area contributed by atoms with E-state index < -0.39 is 0 Å². The van der Waals surface area contributed by atoms with Gasteiger partial charge < -0.3 is 13.9 Å². The molecule has 0 spiro atoms. The van der Waals surface area contributed by atoms with Gasteiger partial charge in [-0.3, -0.25) is 0 Å². The third-order valence-electron chi connectivity index (χ3n) is 9.74. The largest absolute Gasteiger partial charge is 0.456 e. The minimum Gasteiger partial charge on any atom is -0.456 e. The fourth-order valence-corrected chi connectivity index (χ4v) is 7.48. The smallest absolute Gasteiger partial charge is 0.136 e. The summed E-state index contributed by atoms with van der Waals surface area (Å²) in [4.78, 5) is 2.41. The molecule has 10 aromatic rings. The van der Waals surface area contributed by atoms with Gasteiger partial charge in [-0.05, 0) is 88.6 Å². The van der Waals surface area contributed by atoms with E-state index in [4.69, 9.17) is 4.42 Å². The second-order valence-electron chi connectivity index (χ2n) is 12.6. The van der Waals surface area contributed by atoms with Crippen LogP contribution >= 0.6 is 0 Å². The number of anilines is 3. The quantitative estimate of drug-likeness (QED) is 0.190. The van der Waals surface area contributed by atoms with Crippen LogP contribution in [-0.2, 0) is 0 Å². The lowest BCUT2D eigenvalue weighted by molar-refractivity contribution is 0.669. The molecule has 0 saturated carbocycles. The lowest BCUT2D eigenvalue weighted by Gasteiger charge is -2.27. The monoisotopic (exact) mass is 626 g/mol. The molecule has 0 saturated heterocycles. The standard InChI is InChI=1S/C46H30N2O/c1-3-12-31(13-4-1)32-22-25-36(26-23-32)47(37-27-24-33-30-45-41(29-34(33)28-37)39-17-8-10-21-44(39)49-45)43-20-11-18-40-38-16-7-9-19-42(38)48(46(40)43)35-14-5-2-6-15-35/h1-30H. The van der Waals surface area contributed by atoms with Crippen LogP contribution in [0.15, 0.2) is 186 Å². The third kappa shape index (κ3) is 4.44. The summed E-state index contributed by atoms with van der Waals surface area (Å²) in [6.07, 6.45) is 0. The number of hydrogen-bond donors (Lipinski definition) is 0. The van der Waals surface area contributed by atoms with Crippen molar-refractivity contribution in [2.75, 3.05) is 4.90 Å². The Balaban J connectivity index is 1.25. The van der Waals surface area contributed by atoms with Gasteiger partial charge in [0, 0.05) is 38.6 Å². The van der Waals surface area contributed by atoms with Crippen molar-refractivity contribution in [1.82, 2.24) is 4.57 Å². The van der Waals surface area contributed by atoms with Gasteiger partial charge in [0.2, 0.25) is 0 Å². The maximum atomic E-state index is 6.24. The zero-order valence-corrected chi connectivity index (χ0v) is 26.6. The minimum absolute atomic E-state index is 0.909. The first-order chi connectivity index (χ1) is 24.3. The fraction of sp³-hybridized carbons (Fsp3) is 0. The molecule has 0 amide bonds. The van der Waals surface area contributed by atoms with Crippen molar-refractivity contribution >= 4 is 71.6 Å². The summed E-state index contributed by atoms with van der Waals surface area (Å²) in [6.45, 7) is 0. The second kappa shape index (κ2) is 11.0. The van der Waals surface area contributed by atoms with Crippen molar-refractivity contribution < 1.29 is 4.42 Å². The predicted molar refractivity (Wildman–Crippen MR) is 206 cm³/mol. The van der Waals surface area contributed by atoms with E-state index in [0.717, 1.165) is 50.1 Å². The van der Waals surface area contributed by atoms with Gasteiger partial charge in [0.05, 0.1) is 16.7 Å². The minimum atomic E-state index is 0.909. The molecule has 2 heterocycles. The van der Waals surface area contributed by atoms with Crippen LogP contribution in [0, 0.1) is 0 Å². The fourth-order valence-electron chi connectivity index (χ4n) is 7.48. The predicted octanol–water partition coefficient (Wildman–Crippen LogP) is 13.0. The van der Waals surface area contributed by atoms with E-state index in [1.165, 1.54) is 38.3 Å². The Morgan fingerprint density at radius 3 is 1.92 bits per heavy atom. The Morgan fingerprint density at radius 2 is 1.08 bits per heavy atom. The van der Waals surface area contributed by atoms with Gasteiger partial charge in [0.1, 0.15) is 11.2 Å². The normalized spacial score (nSPS) is 11.7. The lowest BCUT2D eigenvalue weighted by Crippen LogP contribution is -2.11. The summed E-state index contributed by atoms with van der Waals surface area (Å²) in [6, 6.07) is 65.1. The molecule has 8 aromatic carbocycles. The van der Waals surface area contributed by atoms with E-state index in [2.05, 4.69) is 179 Å². The highest BCUT2D eigenvalue weighted by Crippen LogP contribution is 2.44. The number of fused-ring (bicyclic) bond motifs is 7. The van der Waals surface area contributed by atoms with Gasteiger partial charge in [-0.25, -0.2) is 0 Å². The molecule has 0 aliphatic carbocycles. The van der Waals surface area contributed by atoms with Crippen LogP contribution < -0.4 is 4.90 Å². The number of furan rings is 1. The Morgan fingerprint density at radius 1 is 0.408 bits per heavy atom. The van der Waals surface area contributed by atoms with E-state index in [1.54, 1.807) is 0 Å². The summed E-state index contributed by atoms with van der Waals surface area (Å²) in [7, 11) is 0. The highest BCUT2D eigenvalue weighted by molar-refractivity contribution is 6.15. The molecule has 2 aromatic heterocycles. The molecule has 10 rings (SSSR count). The Kier molecular flexibility index (Phi) is 6.18. The van der Waals surface area contributed by atoms with Crippen molar-refractivity contribution in [3.63, 3.8) is 0 Å². The molecule has 49 heavy (non-hydrogen) atoms. The topological polar surface area (TPSA) is 21.3 Å². The molecule has 0 aliphatic rings. The van der Waals surface area contributed by atoms with Crippen LogP contribution in [-0.4, -0.2) is 4.57 Å². The zero-order valence-electron chi connectivity index (χ0n) is 26.6. The molecule has 0 radical (unpaired) electrons. The van der Waals surface area contributed by atoms with Crippen molar-refractivity contribution in [2.24, 2.45) is 0 Å². The van der Waals surface area contributed by atoms with Crippen molar-refractivity contribution in [2.45, 2.75) is 0 Å². The number of para-hydroxylation sites is 4. The second-order valence-corrected chi connectivity index (χ2v) is 12.6. The number of aromatic nitrogens is 1. The first-order valence-electron chi connectivity index (χ1n) is 16.7. The van der Waals surface area contributed by atoms with Crippen LogP contribution in [0.5, 0.6) is 0 Å². The highest BCUT2D eigenvalue weighted by atomic mass is 16.3. The Bertz CT molecular complexity index is 2810. The van der Waals surface area contributed by atoms with Gasteiger partial charge in [-0.15, -0.1) is 0 Å². The van der Waals surface area contributed by atoms with Crippen molar-refractivity contribution in [1.29, 1.82) is 0 Å². The zero-order chi connectivity index (χ0) is 32.3. The van der Waals surface area contributed by atoms with Crippen LogP contribution in [0.1, 0.15) is 0 Å².